The molecule has 8 nitrogen and oxygen atoms in total. The third-order valence-corrected chi connectivity index (χ3v) is 9.33. The third kappa shape index (κ3) is 5.83. The number of nitriles is 1. The monoisotopic (exact) mass is 628 g/mol. The van der Waals surface area contributed by atoms with Gasteiger partial charge < -0.3 is 11.1 Å². The molecule has 210 valence electrons. The van der Waals surface area contributed by atoms with Gasteiger partial charge in [-0.15, -0.1) is 10.2 Å². The lowest BCUT2D eigenvalue weighted by Gasteiger charge is -2.42. The molecule has 1 aliphatic carbocycles. The molecule has 0 bridgehead atoms. The fourth-order valence-electron chi connectivity index (χ4n) is 5.01. The molecule has 0 spiro atoms. The Hall–Kier alpha value is -3.43. The van der Waals surface area contributed by atoms with E-state index in [0.29, 0.717) is 32.3 Å². The van der Waals surface area contributed by atoms with Gasteiger partial charge in [-0.1, -0.05) is 66.2 Å². The molecule has 3 N–H and O–H groups in total. The van der Waals surface area contributed by atoms with E-state index in [2.05, 4.69) is 21.6 Å². The third-order valence-electron chi connectivity index (χ3n) is 6.71. The maximum absolute atomic E-state index is 15.2. The van der Waals surface area contributed by atoms with Gasteiger partial charge in [0.2, 0.25) is 11.0 Å². The van der Waals surface area contributed by atoms with Crippen molar-refractivity contribution in [2.24, 2.45) is 11.1 Å². The van der Waals surface area contributed by atoms with E-state index in [1.54, 1.807) is 29.2 Å². The lowest BCUT2D eigenvalue weighted by Crippen LogP contribution is -2.42. The number of allylic oxidation sites excluding steroid dienone is 3. The Bertz CT molecular complexity index is 1640. The number of amides is 1. The predicted molar refractivity (Wildman–Crippen MR) is 159 cm³/mol. The highest BCUT2D eigenvalue weighted by Crippen LogP contribution is 2.52. The number of nitrogens with zero attached hydrogens (tertiary/aromatic N) is 4. The molecule has 0 radical (unpaired) electrons. The number of benzene rings is 2. The normalized spacial score (nSPS) is 18.3. The van der Waals surface area contributed by atoms with Gasteiger partial charge in [0, 0.05) is 39.0 Å². The highest BCUT2D eigenvalue weighted by Gasteiger charge is 2.46. The maximum atomic E-state index is 15.2. The summed E-state index contributed by atoms with van der Waals surface area (Å²) in [5, 5.41) is 22.5. The smallest absolute Gasteiger partial charge is 0.234 e. The van der Waals surface area contributed by atoms with Crippen LogP contribution in [0.2, 0.25) is 10.0 Å². The number of carbonyl (C=O) groups is 2. The molecule has 3 aromatic rings. The molecule has 1 atom stereocenters. The number of carbonyl (C=O) groups excluding carboxylic acids is 2. The molecule has 0 fully saturated rings. The summed E-state index contributed by atoms with van der Waals surface area (Å²) < 4.78 is 15.7. The Morgan fingerprint density at radius 3 is 2.66 bits per heavy atom. The topological polar surface area (TPSA) is 125 Å². The van der Waals surface area contributed by atoms with E-state index in [0.717, 1.165) is 0 Å². The Morgan fingerprint density at radius 2 is 1.98 bits per heavy atom. The van der Waals surface area contributed by atoms with Crippen LogP contribution < -0.4 is 16.0 Å². The summed E-state index contributed by atoms with van der Waals surface area (Å²) in [5.41, 5.74) is 7.61. The second kappa shape index (κ2) is 11.4. The molecule has 2 aliphatic rings. The number of Topliss-reactive ketones (excluding diaryl/α,β-unsaturated/α-hetero) is 1. The van der Waals surface area contributed by atoms with Crippen molar-refractivity contribution in [3.05, 3.63) is 86.6 Å². The molecular formula is C28H23Cl2FN6O2S2. The molecule has 1 aromatic heterocycles. The van der Waals surface area contributed by atoms with Gasteiger partial charge in [-0.25, -0.2) is 4.39 Å². The molecule has 1 amide bonds. The Balaban J connectivity index is 1.49. The van der Waals surface area contributed by atoms with Gasteiger partial charge in [-0.3, -0.25) is 14.5 Å². The average Bonchev–Trinajstić information content (AvgIpc) is 3.36. The highest BCUT2D eigenvalue weighted by atomic mass is 35.5. The lowest BCUT2D eigenvalue weighted by atomic mass is 9.68. The second-order valence-electron chi connectivity index (χ2n) is 10.3. The number of nitrogens with two attached hydrogens (primary N) is 1. The summed E-state index contributed by atoms with van der Waals surface area (Å²) in [6.45, 7) is 3.91. The van der Waals surface area contributed by atoms with Crippen molar-refractivity contribution in [3.63, 3.8) is 0 Å². The van der Waals surface area contributed by atoms with E-state index in [9.17, 15) is 14.9 Å². The van der Waals surface area contributed by atoms with Crippen LogP contribution in [0.3, 0.4) is 0 Å². The average molecular weight is 630 g/mol. The summed E-state index contributed by atoms with van der Waals surface area (Å²) in [5.74, 6) is -2.06. The van der Waals surface area contributed by atoms with Crippen molar-refractivity contribution >= 4 is 68.8 Å². The lowest BCUT2D eigenvalue weighted by molar-refractivity contribution is -0.118. The molecule has 13 heteroatoms. The van der Waals surface area contributed by atoms with Crippen molar-refractivity contribution < 1.29 is 14.0 Å². The van der Waals surface area contributed by atoms with Crippen LogP contribution in [0.5, 0.6) is 0 Å². The Labute approximate surface area is 254 Å². The minimum absolute atomic E-state index is 0.00412. The number of thioether (sulfide) groups is 1. The number of ketones is 1. The summed E-state index contributed by atoms with van der Waals surface area (Å²) in [7, 11) is 0. The van der Waals surface area contributed by atoms with Crippen LogP contribution in [0.4, 0.5) is 15.2 Å². The minimum atomic E-state index is -1.05. The Morgan fingerprint density at radius 1 is 1.24 bits per heavy atom. The van der Waals surface area contributed by atoms with Gasteiger partial charge in [0.05, 0.1) is 23.3 Å². The fourth-order valence-corrected chi connectivity index (χ4v) is 7.09. The zero-order valence-corrected chi connectivity index (χ0v) is 25.0. The minimum Gasteiger partial charge on any atom is -0.384 e. The van der Waals surface area contributed by atoms with Crippen molar-refractivity contribution in [2.75, 3.05) is 16.0 Å². The van der Waals surface area contributed by atoms with E-state index in [4.69, 9.17) is 28.9 Å². The van der Waals surface area contributed by atoms with Crippen LogP contribution in [-0.4, -0.2) is 27.6 Å². The van der Waals surface area contributed by atoms with Gasteiger partial charge in [0.1, 0.15) is 11.6 Å². The molecule has 0 saturated carbocycles. The Kier molecular flexibility index (Phi) is 8.12. The molecular weight excluding hydrogens is 606 g/mol. The standard InChI is InChI=1S/C28H23Cl2FN6O2S2/c1-28(2)10-19-24(20(38)11-28)22(23-17(30)4-3-5-18(23)31)16(12-32)25(33)37(19)26-35-36-27(41-26)40-13-21(39)34-15-8-6-14(29)7-9-15/h3-9,22H,10-11,13,33H2,1-2H3,(H,34,39). The van der Waals surface area contributed by atoms with E-state index in [1.807, 2.05) is 13.8 Å². The van der Waals surface area contributed by atoms with Crippen molar-refractivity contribution in [3.8, 4) is 6.07 Å². The van der Waals surface area contributed by atoms with E-state index < -0.39 is 17.2 Å². The number of nitrogens with one attached hydrogen (secondary N) is 1. The number of hydrogen-bond acceptors (Lipinski definition) is 9. The zero-order chi connectivity index (χ0) is 29.5. The molecule has 2 aromatic carbocycles. The second-order valence-corrected chi connectivity index (χ2v) is 13.3. The van der Waals surface area contributed by atoms with Gasteiger partial charge in [0.25, 0.3) is 0 Å². The number of anilines is 2. The van der Waals surface area contributed by atoms with Crippen LogP contribution in [0.15, 0.2) is 69.5 Å². The van der Waals surface area contributed by atoms with Gasteiger partial charge in [0.15, 0.2) is 10.1 Å². The zero-order valence-electron chi connectivity index (χ0n) is 21.9. The van der Waals surface area contributed by atoms with Gasteiger partial charge in [-0.05, 0) is 48.2 Å². The maximum Gasteiger partial charge on any atom is 0.234 e. The summed E-state index contributed by atoms with van der Waals surface area (Å²) in [6.07, 6.45) is 0.627. The predicted octanol–water partition coefficient (Wildman–Crippen LogP) is 6.66. The van der Waals surface area contributed by atoms with E-state index in [-0.39, 0.29) is 51.4 Å². The highest BCUT2D eigenvalue weighted by molar-refractivity contribution is 8.01. The quantitative estimate of drug-likeness (QED) is 0.290. The summed E-state index contributed by atoms with van der Waals surface area (Å²) in [4.78, 5) is 27.7. The first-order valence-electron chi connectivity index (χ1n) is 12.4. The number of hydrogen-bond donors (Lipinski definition) is 2. The molecule has 2 heterocycles. The summed E-state index contributed by atoms with van der Waals surface area (Å²) in [6, 6.07) is 13.1. The van der Waals surface area contributed by atoms with Crippen LogP contribution in [0, 0.1) is 22.6 Å². The van der Waals surface area contributed by atoms with Gasteiger partial charge >= 0.3 is 0 Å². The van der Waals surface area contributed by atoms with Crippen LogP contribution in [-0.2, 0) is 9.59 Å². The first-order valence-corrected chi connectivity index (χ1v) is 15.0. The van der Waals surface area contributed by atoms with E-state index in [1.165, 1.54) is 41.3 Å². The largest absolute Gasteiger partial charge is 0.384 e. The number of rotatable bonds is 6. The molecule has 41 heavy (non-hydrogen) atoms. The van der Waals surface area contributed by atoms with Crippen molar-refractivity contribution in [1.29, 1.82) is 5.26 Å². The first-order chi connectivity index (χ1) is 19.5. The van der Waals surface area contributed by atoms with Crippen LogP contribution >= 0.6 is 46.3 Å². The number of halogens is 3. The SMILES string of the molecule is CC1(C)CC(=O)C2=C(C1)N(c1nnc(SCC(=O)Nc3ccc(Cl)cc3)s1)C(N)=C(C#N)C2c1c(F)cccc1Cl. The van der Waals surface area contributed by atoms with Crippen LogP contribution in [0.1, 0.15) is 38.2 Å². The van der Waals surface area contributed by atoms with Crippen molar-refractivity contribution in [2.45, 2.75) is 36.9 Å². The van der Waals surface area contributed by atoms with Crippen molar-refractivity contribution in [1.82, 2.24) is 10.2 Å². The molecule has 0 saturated heterocycles. The summed E-state index contributed by atoms with van der Waals surface area (Å²) >= 11 is 14.7. The molecule has 5 rings (SSSR count). The fraction of sp³-hybridized carbons (Fsp3) is 0.250. The van der Waals surface area contributed by atoms with Crippen LogP contribution in [0.25, 0.3) is 0 Å². The molecule has 1 aliphatic heterocycles. The first kappa shape index (κ1) is 29.1. The van der Waals surface area contributed by atoms with E-state index >= 15 is 4.39 Å². The molecule has 1 unspecified atom stereocenters. The number of aromatic nitrogens is 2. The van der Waals surface area contributed by atoms with Gasteiger partial charge in [-0.2, -0.15) is 5.26 Å².